The van der Waals surface area contributed by atoms with Crippen molar-refractivity contribution in [2.24, 2.45) is 17.1 Å². The van der Waals surface area contributed by atoms with Crippen molar-refractivity contribution in [3.63, 3.8) is 0 Å². The summed E-state index contributed by atoms with van der Waals surface area (Å²) in [6.07, 6.45) is -0.112. The Balaban J connectivity index is 2.34. The molecule has 1 heterocycles. The highest BCUT2D eigenvalue weighted by molar-refractivity contribution is 6.21. The van der Waals surface area contributed by atoms with E-state index >= 15 is 0 Å². The molecule has 0 radical (unpaired) electrons. The number of hydrogen-bond acceptors (Lipinski definition) is 3. The summed E-state index contributed by atoms with van der Waals surface area (Å²) in [5.41, 5.74) is 5.23. The van der Waals surface area contributed by atoms with E-state index in [1.807, 2.05) is 13.8 Å². The second-order valence-corrected chi connectivity index (χ2v) is 5.71. The van der Waals surface area contributed by atoms with Crippen molar-refractivity contribution in [3.05, 3.63) is 0 Å². The Bertz CT molecular complexity index is 295. The summed E-state index contributed by atoms with van der Waals surface area (Å²) in [6.45, 7) is 3.66. The minimum Gasteiger partial charge on any atom is -0.391 e. The molecule has 2 fully saturated rings. The number of carbonyl (C=O) groups excluding carboxylic acids is 1. The molecular weight excluding hydrogens is 216 g/mol. The molecule has 1 aliphatic heterocycles. The van der Waals surface area contributed by atoms with E-state index in [0.717, 1.165) is 0 Å². The van der Waals surface area contributed by atoms with Crippen LogP contribution in [-0.2, 0) is 4.79 Å². The van der Waals surface area contributed by atoms with Gasteiger partial charge in [-0.1, -0.05) is 13.8 Å². The zero-order valence-corrected chi connectivity index (χ0v) is 9.66. The summed E-state index contributed by atoms with van der Waals surface area (Å²) in [4.78, 5) is 11.7. The molecule has 1 saturated heterocycles. The number of aliphatic hydroxyl groups is 1. The summed E-state index contributed by atoms with van der Waals surface area (Å²) >= 11 is 6.16. The van der Waals surface area contributed by atoms with Gasteiger partial charge in [0.1, 0.15) is 0 Å². The maximum atomic E-state index is 11.7. The van der Waals surface area contributed by atoms with Crippen LogP contribution in [0.15, 0.2) is 0 Å². The second-order valence-electron chi connectivity index (χ2n) is 5.15. The van der Waals surface area contributed by atoms with Crippen LogP contribution in [0.1, 0.15) is 20.3 Å². The first-order valence-electron chi connectivity index (χ1n) is 5.24. The van der Waals surface area contributed by atoms with Crippen molar-refractivity contribution >= 4 is 17.5 Å². The molecule has 1 amide bonds. The van der Waals surface area contributed by atoms with Gasteiger partial charge in [0.25, 0.3) is 0 Å². The third-order valence-electron chi connectivity index (χ3n) is 3.80. The van der Waals surface area contributed by atoms with Crippen LogP contribution < -0.4 is 11.1 Å². The smallest absolute Gasteiger partial charge is 0.226 e. The molecule has 0 bridgehead atoms. The van der Waals surface area contributed by atoms with Gasteiger partial charge in [-0.2, -0.15) is 0 Å². The molecule has 1 saturated carbocycles. The number of rotatable bonds is 0. The largest absolute Gasteiger partial charge is 0.391 e. The molecule has 86 valence electrons. The quantitative estimate of drug-likeness (QED) is 0.508. The van der Waals surface area contributed by atoms with E-state index in [0.29, 0.717) is 6.42 Å². The van der Waals surface area contributed by atoms with Crippen molar-refractivity contribution in [2.75, 3.05) is 0 Å². The maximum absolute atomic E-state index is 11.7. The van der Waals surface area contributed by atoms with Crippen LogP contribution in [0.25, 0.3) is 0 Å². The highest BCUT2D eigenvalue weighted by Crippen LogP contribution is 2.44. The van der Waals surface area contributed by atoms with E-state index in [-0.39, 0.29) is 29.3 Å². The van der Waals surface area contributed by atoms with Gasteiger partial charge >= 0.3 is 0 Å². The standard InChI is InChI=1S/C10H17ClN2O2/c1-10(2)6-7(13-9(10)15)4(11)3-5(12)8(6)14/h4-8,14H,3,12H2,1-2H3,(H,13,15). The van der Waals surface area contributed by atoms with Crippen LogP contribution in [0, 0.1) is 11.3 Å². The number of hydrogen-bond donors (Lipinski definition) is 3. The van der Waals surface area contributed by atoms with Gasteiger partial charge in [0.2, 0.25) is 5.91 Å². The Morgan fingerprint density at radius 2 is 2.20 bits per heavy atom. The highest BCUT2D eigenvalue weighted by atomic mass is 35.5. The number of alkyl halides is 1. The number of nitrogens with one attached hydrogen (secondary N) is 1. The molecule has 15 heavy (non-hydrogen) atoms. The van der Waals surface area contributed by atoms with Crippen LogP contribution in [0.4, 0.5) is 0 Å². The lowest BCUT2D eigenvalue weighted by atomic mass is 9.68. The second kappa shape index (κ2) is 3.34. The van der Waals surface area contributed by atoms with Gasteiger partial charge in [0, 0.05) is 12.0 Å². The van der Waals surface area contributed by atoms with E-state index in [2.05, 4.69) is 5.32 Å². The summed E-state index contributed by atoms with van der Waals surface area (Å²) in [7, 11) is 0. The van der Waals surface area contributed by atoms with E-state index in [9.17, 15) is 9.90 Å². The molecule has 0 aromatic carbocycles. The zero-order chi connectivity index (χ0) is 11.4. The molecule has 2 rings (SSSR count). The molecule has 5 atom stereocenters. The summed E-state index contributed by atoms with van der Waals surface area (Å²) < 4.78 is 0. The minimum absolute atomic E-state index is 0.0451. The summed E-state index contributed by atoms with van der Waals surface area (Å²) in [6, 6.07) is -0.482. The molecule has 5 unspecified atom stereocenters. The fourth-order valence-electron chi connectivity index (χ4n) is 2.79. The van der Waals surface area contributed by atoms with Crippen molar-refractivity contribution in [1.82, 2.24) is 5.32 Å². The Labute approximate surface area is 94.2 Å². The topological polar surface area (TPSA) is 75.4 Å². The van der Waals surface area contributed by atoms with E-state index in [1.54, 1.807) is 0 Å². The van der Waals surface area contributed by atoms with Gasteiger partial charge < -0.3 is 16.2 Å². The predicted octanol–water partition coefficient (Wildman–Crippen LogP) is -0.174. The van der Waals surface area contributed by atoms with Gasteiger partial charge in [-0.3, -0.25) is 4.79 Å². The van der Waals surface area contributed by atoms with Gasteiger partial charge in [-0.15, -0.1) is 11.6 Å². The molecule has 0 aromatic heterocycles. The maximum Gasteiger partial charge on any atom is 0.226 e. The van der Waals surface area contributed by atoms with Crippen LogP contribution >= 0.6 is 11.6 Å². The molecular formula is C10H17ClN2O2. The molecule has 0 aromatic rings. The average molecular weight is 233 g/mol. The predicted molar refractivity (Wildman–Crippen MR) is 57.4 cm³/mol. The number of nitrogens with two attached hydrogens (primary N) is 1. The van der Waals surface area contributed by atoms with Crippen molar-refractivity contribution in [1.29, 1.82) is 0 Å². The number of fused-ring (bicyclic) bond motifs is 1. The molecule has 4 N–H and O–H groups in total. The average Bonchev–Trinajstić information content (AvgIpc) is 2.36. The van der Waals surface area contributed by atoms with Gasteiger partial charge in [0.15, 0.2) is 0 Å². The van der Waals surface area contributed by atoms with Gasteiger partial charge in [0.05, 0.1) is 22.9 Å². The molecule has 1 aliphatic carbocycles. The number of halogens is 1. The first-order chi connectivity index (χ1) is 6.85. The van der Waals surface area contributed by atoms with Crippen LogP contribution in [0.5, 0.6) is 0 Å². The fourth-order valence-corrected chi connectivity index (χ4v) is 3.22. The van der Waals surface area contributed by atoms with E-state index in [4.69, 9.17) is 17.3 Å². The minimum atomic E-state index is -0.654. The lowest BCUT2D eigenvalue weighted by molar-refractivity contribution is -0.128. The van der Waals surface area contributed by atoms with Crippen molar-refractivity contribution in [2.45, 2.75) is 43.8 Å². The first-order valence-corrected chi connectivity index (χ1v) is 5.68. The summed E-state index contributed by atoms with van der Waals surface area (Å²) in [5.74, 6) is -0.229. The molecule has 5 heteroatoms. The Kier molecular flexibility index (Phi) is 2.48. The molecule has 2 aliphatic rings. The third-order valence-corrected chi connectivity index (χ3v) is 4.25. The van der Waals surface area contributed by atoms with Crippen molar-refractivity contribution < 1.29 is 9.90 Å². The van der Waals surface area contributed by atoms with Crippen LogP contribution in [0.2, 0.25) is 0 Å². The van der Waals surface area contributed by atoms with Crippen molar-refractivity contribution in [3.8, 4) is 0 Å². The first kappa shape index (κ1) is 11.2. The Hall–Kier alpha value is -0.320. The normalized spacial score (nSPS) is 48.6. The van der Waals surface area contributed by atoms with Crippen LogP contribution in [0.3, 0.4) is 0 Å². The lowest BCUT2D eigenvalue weighted by Crippen LogP contribution is -2.57. The summed E-state index contributed by atoms with van der Waals surface area (Å²) in [5, 5.41) is 12.7. The Morgan fingerprint density at radius 3 is 2.80 bits per heavy atom. The van der Waals surface area contributed by atoms with Crippen LogP contribution in [-0.4, -0.2) is 34.6 Å². The van der Waals surface area contributed by atoms with Gasteiger partial charge in [-0.25, -0.2) is 0 Å². The highest BCUT2D eigenvalue weighted by Gasteiger charge is 2.57. The molecule has 4 nitrogen and oxygen atoms in total. The number of aliphatic hydroxyl groups excluding tert-OH is 1. The van der Waals surface area contributed by atoms with Gasteiger partial charge in [-0.05, 0) is 6.42 Å². The zero-order valence-electron chi connectivity index (χ0n) is 8.90. The molecule has 0 spiro atoms. The SMILES string of the molecule is CC1(C)C(=O)NC2C(Cl)CC(N)C(O)C21. The third kappa shape index (κ3) is 1.47. The monoisotopic (exact) mass is 232 g/mol. The fraction of sp³-hybridized carbons (Fsp3) is 0.900. The van der Waals surface area contributed by atoms with E-state index < -0.39 is 11.5 Å². The Morgan fingerprint density at radius 1 is 1.60 bits per heavy atom. The number of carbonyl (C=O) groups is 1. The van der Waals surface area contributed by atoms with E-state index in [1.165, 1.54) is 0 Å². The lowest BCUT2D eigenvalue weighted by Gasteiger charge is -2.41. The number of amides is 1.